The summed E-state index contributed by atoms with van der Waals surface area (Å²) in [5.74, 6) is 0.161. The van der Waals surface area contributed by atoms with Crippen LogP contribution in [0.2, 0.25) is 5.15 Å². The van der Waals surface area contributed by atoms with E-state index in [4.69, 9.17) is 17.3 Å². The first kappa shape index (κ1) is 15.2. The van der Waals surface area contributed by atoms with Gasteiger partial charge in [-0.15, -0.1) is 0 Å². The van der Waals surface area contributed by atoms with Crippen LogP contribution in [0.25, 0.3) is 0 Å². The van der Waals surface area contributed by atoms with Gasteiger partial charge >= 0.3 is 0 Å². The minimum atomic E-state index is 0.0504. The predicted octanol–water partition coefficient (Wildman–Crippen LogP) is 1.02. The number of aromatic nitrogens is 1. The third-order valence-corrected chi connectivity index (χ3v) is 3.69. The van der Waals surface area contributed by atoms with Crippen LogP contribution in [-0.2, 0) is 11.3 Å². The Morgan fingerprint density at radius 3 is 3.15 bits per heavy atom. The Bertz CT molecular complexity index is 455. The molecule has 20 heavy (non-hydrogen) atoms. The van der Waals surface area contributed by atoms with Gasteiger partial charge in [0.15, 0.2) is 0 Å². The highest BCUT2D eigenvalue weighted by atomic mass is 35.5. The monoisotopic (exact) mass is 296 g/mol. The van der Waals surface area contributed by atoms with Crippen molar-refractivity contribution in [1.29, 1.82) is 0 Å². The molecule has 1 saturated heterocycles. The highest BCUT2D eigenvalue weighted by Crippen LogP contribution is 2.18. The average molecular weight is 297 g/mol. The fraction of sp³-hybridized carbons (Fsp3) is 0.571. The lowest BCUT2D eigenvalue weighted by Crippen LogP contribution is -2.43. The third-order valence-electron chi connectivity index (χ3n) is 3.48. The highest BCUT2D eigenvalue weighted by molar-refractivity contribution is 6.29. The minimum absolute atomic E-state index is 0.0504. The minimum Gasteiger partial charge on any atom is -0.355 e. The van der Waals surface area contributed by atoms with Gasteiger partial charge in [0, 0.05) is 26.2 Å². The van der Waals surface area contributed by atoms with E-state index in [0.29, 0.717) is 18.2 Å². The summed E-state index contributed by atoms with van der Waals surface area (Å²) in [6.45, 7) is 3.53. The Morgan fingerprint density at radius 1 is 1.55 bits per heavy atom. The van der Waals surface area contributed by atoms with Gasteiger partial charge in [0.1, 0.15) is 5.15 Å². The van der Waals surface area contributed by atoms with Crippen molar-refractivity contribution in [3.8, 4) is 0 Å². The molecule has 5 nitrogen and oxygen atoms in total. The number of hydrogen-bond donors (Lipinski definition) is 2. The quantitative estimate of drug-likeness (QED) is 0.796. The number of carbonyl (C=O) groups excluding carboxylic acids is 1. The van der Waals surface area contributed by atoms with Gasteiger partial charge in [-0.05, 0) is 31.5 Å². The zero-order valence-corrected chi connectivity index (χ0v) is 12.3. The molecule has 1 aliphatic heterocycles. The van der Waals surface area contributed by atoms with Gasteiger partial charge in [-0.2, -0.15) is 0 Å². The van der Waals surface area contributed by atoms with Gasteiger partial charge in [-0.3, -0.25) is 9.69 Å². The lowest BCUT2D eigenvalue weighted by Gasteiger charge is -2.31. The molecule has 1 atom stereocenters. The molecule has 6 heteroatoms. The van der Waals surface area contributed by atoms with Gasteiger partial charge in [0.25, 0.3) is 0 Å². The van der Waals surface area contributed by atoms with Crippen LogP contribution in [0.3, 0.4) is 0 Å². The number of halogens is 1. The normalized spacial score (nSPS) is 19.8. The predicted molar refractivity (Wildman–Crippen MR) is 79.3 cm³/mol. The Labute approximate surface area is 124 Å². The molecular formula is C14H21ClN4O. The molecule has 0 spiro atoms. The lowest BCUT2D eigenvalue weighted by atomic mass is 9.97. The first-order valence-electron chi connectivity index (χ1n) is 7.00. The summed E-state index contributed by atoms with van der Waals surface area (Å²) in [6, 6.07) is 5.63. The van der Waals surface area contributed by atoms with E-state index < -0.39 is 0 Å². The van der Waals surface area contributed by atoms with E-state index >= 15 is 0 Å². The maximum atomic E-state index is 12.0. The number of hydrogen-bond acceptors (Lipinski definition) is 4. The topological polar surface area (TPSA) is 71.2 Å². The van der Waals surface area contributed by atoms with Crippen molar-refractivity contribution in [2.75, 3.05) is 26.2 Å². The van der Waals surface area contributed by atoms with Gasteiger partial charge in [-0.25, -0.2) is 4.98 Å². The van der Waals surface area contributed by atoms with Gasteiger partial charge in [0.05, 0.1) is 11.6 Å². The van der Waals surface area contributed by atoms with Crippen molar-refractivity contribution in [3.63, 3.8) is 0 Å². The molecule has 1 aromatic rings. The third kappa shape index (κ3) is 4.44. The summed E-state index contributed by atoms with van der Waals surface area (Å²) in [6.07, 6.45) is 1.97. The van der Waals surface area contributed by atoms with Crippen molar-refractivity contribution < 1.29 is 4.79 Å². The van der Waals surface area contributed by atoms with Crippen LogP contribution in [0.5, 0.6) is 0 Å². The SMILES string of the molecule is NCCNC(=O)C1CCCN(Cc2cccc(Cl)n2)C1. The van der Waals surface area contributed by atoms with E-state index in [1.54, 1.807) is 6.07 Å². The zero-order chi connectivity index (χ0) is 14.4. The number of nitrogens with one attached hydrogen (secondary N) is 1. The second-order valence-electron chi connectivity index (χ2n) is 5.11. The fourth-order valence-corrected chi connectivity index (χ4v) is 2.70. The van der Waals surface area contributed by atoms with Crippen LogP contribution in [0.15, 0.2) is 18.2 Å². The molecule has 0 saturated carbocycles. The molecule has 0 bridgehead atoms. The summed E-state index contributed by atoms with van der Waals surface area (Å²) in [5.41, 5.74) is 6.35. The van der Waals surface area contributed by atoms with E-state index in [1.165, 1.54) is 0 Å². The van der Waals surface area contributed by atoms with Crippen molar-refractivity contribution >= 4 is 17.5 Å². The number of rotatable bonds is 5. The molecule has 2 rings (SSSR count). The number of piperidine rings is 1. The molecule has 2 heterocycles. The van der Waals surface area contributed by atoms with Gasteiger partial charge in [-0.1, -0.05) is 17.7 Å². The molecule has 0 aliphatic carbocycles. The van der Waals surface area contributed by atoms with Crippen LogP contribution in [0.4, 0.5) is 0 Å². The number of likely N-dealkylation sites (tertiary alicyclic amines) is 1. The van der Waals surface area contributed by atoms with Crippen LogP contribution in [0, 0.1) is 5.92 Å². The average Bonchev–Trinajstić information content (AvgIpc) is 2.45. The number of amides is 1. The van der Waals surface area contributed by atoms with Crippen molar-refractivity contribution in [2.45, 2.75) is 19.4 Å². The van der Waals surface area contributed by atoms with Crippen molar-refractivity contribution in [3.05, 3.63) is 29.0 Å². The molecule has 3 N–H and O–H groups in total. The van der Waals surface area contributed by atoms with E-state index in [-0.39, 0.29) is 11.8 Å². The van der Waals surface area contributed by atoms with Gasteiger partial charge in [0.2, 0.25) is 5.91 Å². The van der Waals surface area contributed by atoms with E-state index in [0.717, 1.165) is 38.2 Å². The maximum absolute atomic E-state index is 12.0. The lowest BCUT2D eigenvalue weighted by molar-refractivity contribution is -0.126. The zero-order valence-electron chi connectivity index (χ0n) is 11.5. The second-order valence-corrected chi connectivity index (χ2v) is 5.49. The molecule has 0 radical (unpaired) electrons. The standard InChI is InChI=1S/C14H21ClN4O/c15-13-5-1-4-12(18-13)10-19-8-2-3-11(9-19)14(20)17-7-6-16/h1,4-5,11H,2-3,6-10,16H2,(H,17,20). The van der Waals surface area contributed by atoms with Gasteiger partial charge < -0.3 is 11.1 Å². The van der Waals surface area contributed by atoms with E-state index in [2.05, 4.69) is 15.2 Å². The molecule has 1 aliphatic rings. The molecule has 1 fully saturated rings. The Kier molecular flexibility index (Phi) is 5.76. The molecule has 1 unspecified atom stereocenters. The van der Waals surface area contributed by atoms with Crippen LogP contribution >= 0.6 is 11.6 Å². The summed E-state index contributed by atoms with van der Waals surface area (Å²) in [4.78, 5) is 18.5. The Balaban J connectivity index is 1.88. The fourth-order valence-electron chi connectivity index (χ4n) is 2.52. The summed E-state index contributed by atoms with van der Waals surface area (Å²) < 4.78 is 0. The first-order valence-corrected chi connectivity index (χ1v) is 7.38. The maximum Gasteiger partial charge on any atom is 0.224 e. The summed E-state index contributed by atoms with van der Waals surface area (Å²) >= 11 is 5.89. The Hall–Kier alpha value is -1.17. The van der Waals surface area contributed by atoms with E-state index in [1.807, 2.05) is 12.1 Å². The van der Waals surface area contributed by atoms with E-state index in [9.17, 15) is 4.79 Å². The number of carbonyl (C=O) groups is 1. The van der Waals surface area contributed by atoms with Crippen molar-refractivity contribution in [1.82, 2.24) is 15.2 Å². The second kappa shape index (κ2) is 7.57. The number of pyridine rings is 1. The summed E-state index contributed by atoms with van der Waals surface area (Å²) in [5, 5.41) is 3.38. The molecule has 0 aromatic carbocycles. The van der Waals surface area contributed by atoms with Crippen LogP contribution in [0.1, 0.15) is 18.5 Å². The Morgan fingerprint density at radius 2 is 2.40 bits per heavy atom. The largest absolute Gasteiger partial charge is 0.355 e. The van der Waals surface area contributed by atoms with Crippen LogP contribution < -0.4 is 11.1 Å². The molecule has 110 valence electrons. The smallest absolute Gasteiger partial charge is 0.224 e. The molecule has 1 aromatic heterocycles. The molecule has 1 amide bonds. The van der Waals surface area contributed by atoms with Crippen LogP contribution in [-0.4, -0.2) is 42.0 Å². The highest BCUT2D eigenvalue weighted by Gasteiger charge is 2.25. The summed E-state index contributed by atoms with van der Waals surface area (Å²) in [7, 11) is 0. The molecular weight excluding hydrogens is 276 g/mol. The van der Waals surface area contributed by atoms with Crippen molar-refractivity contribution in [2.24, 2.45) is 11.7 Å². The number of nitrogens with two attached hydrogens (primary N) is 1. The first-order chi connectivity index (χ1) is 9.69. The number of nitrogens with zero attached hydrogens (tertiary/aromatic N) is 2.